The normalized spacial score (nSPS) is 10.6. The number of hydrogen-bond acceptors (Lipinski definition) is 5. The largest absolute Gasteiger partial charge is 0.375 e. The van der Waals surface area contributed by atoms with Crippen molar-refractivity contribution in [1.82, 2.24) is 4.98 Å². The van der Waals surface area contributed by atoms with E-state index in [0.29, 0.717) is 23.1 Å². The van der Waals surface area contributed by atoms with Crippen LogP contribution in [0.25, 0.3) is 10.2 Å². The Morgan fingerprint density at radius 1 is 1.56 bits per heavy atom. The van der Waals surface area contributed by atoms with Gasteiger partial charge in [-0.15, -0.1) is 0 Å². The van der Waals surface area contributed by atoms with Crippen molar-refractivity contribution in [2.45, 2.75) is 6.42 Å². The molecule has 4 nitrogen and oxygen atoms in total. The Labute approximate surface area is 103 Å². The van der Waals surface area contributed by atoms with E-state index in [2.05, 4.69) is 22.9 Å². The summed E-state index contributed by atoms with van der Waals surface area (Å²) in [7, 11) is 0. The smallest absolute Gasteiger partial charge is 0.181 e. The number of anilines is 2. The molecule has 0 aliphatic carbocycles. The first-order valence-electron chi connectivity index (χ1n) is 4.80. The van der Waals surface area contributed by atoms with Crippen LogP contribution in [0.15, 0.2) is 18.2 Å². The second kappa shape index (κ2) is 4.71. The van der Waals surface area contributed by atoms with Gasteiger partial charge in [-0.3, -0.25) is 5.41 Å². The average molecular weight is 252 g/mol. The predicted octanol–water partition coefficient (Wildman–Crippen LogP) is 2.59. The summed E-state index contributed by atoms with van der Waals surface area (Å²) < 4.78 is 1.03. The zero-order valence-corrected chi connectivity index (χ0v) is 10.2. The summed E-state index contributed by atoms with van der Waals surface area (Å²) in [6.45, 7) is 0. The topological polar surface area (TPSA) is 74.8 Å². The molecule has 2 rings (SSSR count). The number of nitrogens with zero attached hydrogens (tertiary/aromatic N) is 1. The van der Waals surface area contributed by atoms with Gasteiger partial charge in [-0.1, -0.05) is 11.3 Å². The first-order chi connectivity index (χ1) is 7.69. The fourth-order valence-electron chi connectivity index (χ4n) is 1.37. The number of nitrogens with two attached hydrogens (primary N) is 1. The maximum atomic E-state index is 7.64. The molecular weight excluding hydrogens is 240 g/mol. The first kappa shape index (κ1) is 11.2. The second-order valence-corrected chi connectivity index (χ2v) is 4.82. The van der Waals surface area contributed by atoms with Crippen LogP contribution in [0.5, 0.6) is 0 Å². The quantitative estimate of drug-likeness (QED) is 0.385. The molecule has 0 amide bonds. The summed E-state index contributed by atoms with van der Waals surface area (Å²) in [5.74, 6) is 1.13. The molecule has 0 saturated carbocycles. The maximum Gasteiger partial charge on any atom is 0.181 e. The van der Waals surface area contributed by atoms with Crippen LogP contribution in [0.1, 0.15) is 6.42 Å². The molecule has 0 fully saturated rings. The Morgan fingerprint density at radius 2 is 2.38 bits per heavy atom. The van der Waals surface area contributed by atoms with E-state index in [4.69, 9.17) is 11.1 Å². The summed E-state index contributed by atoms with van der Waals surface area (Å²) in [6.07, 6.45) is 0.631. The van der Waals surface area contributed by atoms with E-state index >= 15 is 0 Å². The standard InChI is InChI=1S/C10H12N4S2/c11-9(3-4-15)13-6-1-2-7-8(5-6)16-10(12)14-7/h1-2,5,15H,3-4H2,(H2,11,13)(H2,12,14). The Balaban J connectivity index is 2.22. The molecule has 1 aromatic carbocycles. The van der Waals surface area contributed by atoms with Crippen LogP contribution in [0.3, 0.4) is 0 Å². The van der Waals surface area contributed by atoms with E-state index in [-0.39, 0.29) is 0 Å². The predicted molar refractivity (Wildman–Crippen MR) is 73.9 cm³/mol. The Morgan fingerprint density at radius 3 is 3.12 bits per heavy atom. The van der Waals surface area contributed by atoms with Crippen LogP contribution >= 0.6 is 24.0 Å². The van der Waals surface area contributed by atoms with E-state index in [1.807, 2.05) is 18.2 Å². The molecule has 4 N–H and O–H groups in total. The molecule has 84 valence electrons. The Kier molecular flexibility index (Phi) is 3.31. The van der Waals surface area contributed by atoms with Crippen molar-refractivity contribution >= 4 is 50.8 Å². The fourth-order valence-corrected chi connectivity index (χ4v) is 2.37. The van der Waals surface area contributed by atoms with Crippen LogP contribution in [-0.2, 0) is 0 Å². The number of rotatable bonds is 3. The number of nitrogen functional groups attached to an aromatic ring is 1. The van der Waals surface area contributed by atoms with Crippen LogP contribution in [-0.4, -0.2) is 16.6 Å². The third kappa shape index (κ3) is 2.45. The Hall–Kier alpha value is -1.27. The summed E-state index contributed by atoms with van der Waals surface area (Å²) in [4.78, 5) is 4.17. The number of thiazole rings is 1. The number of fused-ring (bicyclic) bond motifs is 1. The molecule has 0 unspecified atom stereocenters. The number of thiol groups is 1. The lowest BCUT2D eigenvalue weighted by atomic mass is 10.3. The van der Waals surface area contributed by atoms with Gasteiger partial charge >= 0.3 is 0 Å². The lowest BCUT2D eigenvalue weighted by molar-refractivity contribution is 1.25. The van der Waals surface area contributed by atoms with Gasteiger partial charge in [0.2, 0.25) is 0 Å². The van der Waals surface area contributed by atoms with Gasteiger partial charge in [0.1, 0.15) is 0 Å². The molecule has 6 heteroatoms. The first-order valence-corrected chi connectivity index (χ1v) is 6.25. The van der Waals surface area contributed by atoms with Crippen molar-refractivity contribution in [3.63, 3.8) is 0 Å². The fraction of sp³-hybridized carbons (Fsp3) is 0.200. The van der Waals surface area contributed by atoms with Gasteiger partial charge < -0.3 is 11.1 Å². The number of nitrogens with one attached hydrogen (secondary N) is 2. The molecule has 0 saturated heterocycles. The monoisotopic (exact) mass is 252 g/mol. The highest BCUT2D eigenvalue weighted by Crippen LogP contribution is 2.26. The van der Waals surface area contributed by atoms with E-state index in [1.165, 1.54) is 11.3 Å². The minimum Gasteiger partial charge on any atom is -0.375 e. The van der Waals surface area contributed by atoms with Gasteiger partial charge in [-0.05, 0) is 24.0 Å². The molecule has 0 spiro atoms. The van der Waals surface area contributed by atoms with E-state index in [0.717, 1.165) is 15.9 Å². The van der Waals surface area contributed by atoms with Crippen molar-refractivity contribution in [3.05, 3.63) is 18.2 Å². The van der Waals surface area contributed by atoms with Crippen molar-refractivity contribution < 1.29 is 0 Å². The third-order valence-corrected chi connectivity index (χ3v) is 3.13. The second-order valence-electron chi connectivity index (χ2n) is 3.31. The molecule has 0 radical (unpaired) electrons. The van der Waals surface area contributed by atoms with E-state index in [1.54, 1.807) is 0 Å². The van der Waals surface area contributed by atoms with Gasteiger partial charge in [-0.25, -0.2) is 4.98 Å². The van der Waals surface area contributed by atoms with Crippen molar-refractivity contribution in [2.24, 2.45) is 0 Å². The summed E-state index contributed by atoms with van der Waals surface area (Å²) in [5, 5.41) is 11.2. The Bertz CT molecular complexity index is 521. The van der Waals surface area contributed by atoms with Gasteiger partial charge in [0.15, 0.2) is 5.13 Å². The van der Waals surface area contributed by atoms with Gasteiger partial charge in [0.05, 0.1) is 16.1 Å². The lowest BCUT2D eigenvalue weighted by Gasteiger charge is -2.05. The summed E-state index contributed by atoms with van der Waals surface area (Å²) in [6, 6.07) is 5.75. The van der Waals surface area contributed by atoms with Crippen molar-refractivity contribution in [2.75, 3.05) is 16.8 Å². The van der Waals surface area contributed by atoms with Gasteiger partial charge in [0.25, 0.3) is 0 Å². The highest BCUT2D eigenvalue weighted by atomic mass is 32.1. The molecule has 0 atom stereocenters. The molecule has 16 heavy (non-hydrogen) atoms. The van der Waals surface area contributed by atoms with Gasteiger partial charge in [0, 0.05) is 12.1 Å². The number of aromatic nitrogens is 1. The van der Waals surface area contributed by atoms with Crippen LogP contribution in [0.4, 0.5) is 10.8 Å². The molecule has 1 heterocycles. The minimum atomic E-state index is 0.465. The zero-order valence-electron chi connectivity index (χ0n) is 8.53. The average Bonchev–Trinajstić information content (AvgIpc) is 2.57. The van der Waals surface area contributed by atoms with Gasteiger partial charge in [-0.2, -0.15) is 12.6 Å². The highest BCUT2D eigenvalue weighted by molar-refractivity contribution is 7.80. The summed E-state index contributed by atoms with van der Waals surface area (Å²) in [5.41, 5.74) is 7.41. The highest BCUT2D eigenvalue weighted by Gasteiger charge is 2.03. The van der Waals surface area contributed by atoms with Crippen molar-refractivity contribution in [3.8, 4) is 0 Å². The van der Waals surface area contributed by atoms with Crippen LogP contribution in [0, 0.1) is 5.41 Å². The molecule has 0 aliphatic heterocycles. The summed E-state index contributed by atoms with van der Waals surface area (Å²) >= 11 is 5.53. The number of amidine groups is 1. The number of hydrogen-bond donors (Lipinski definition) is 4. The SMILES string of the molecule is N=C(CCS)Nc1ccc2nc(N)sc2c1. The minimum absolute atomic E-state index is 0.465. The molecule has 0 bridgehead atoms. The molecule has 1 aromatic heterocycles. The van der Waals surface area contributed by atoms with Crippen molar-refractivity contribution in [1.29, 1.82) is 5.41 Å². The maximum absolute atomic E-state index is 7.64. The molecule has 2 aromatic rings. The van der Waals surface area contributed by atoms with E-state index < -0.39 is 0 Å². The lowest BCUT2D eigenvalue weighted by Crippen LogP contribution is -2.10. The molecule has 0 aliphatic rings. The van der Waals surface area contributed by atoms with E-state index in [9.17, 15) is 0 Å². The third-order valence-electron chi connectivity index (χ3n) is 2.06. The van der Waals surface area contributed by atoms with Crippen LogP contribution < -0.4 is 11.1 Å². The van der Waals surface area contributed by atoms with Crippen LogP contribution in [0.2, 0.25) is 0 Å². The number of benzene rings is 1. The molecular formula is C10H12N4S2. The zero-order chi connectivity index (χ0) is 11.5.